The zero-order valence-electron chi connectivity index (χ0n) is 21.9. The summed E-state index contributed by atoms with van der Waals surface area (Å²) in [6.45, 7) is 6.19. The van der Waals surface area contributed by atoms with Gasteiger partial charge in [0.05, 0.1) is 13.2 Å². The lowest BCUT2D eigenvalue weighted by atomic mass is 10.1. The van der Waals surface area contributed by atoms with E-state index in [9.17, 15) is 4.79 Å². The Balaban J connectivity index is 1.55. The highest BCUT2D eigenvalue weighted by Crippen LogP contribution is 2.29. The first-order chi connectivity index (χ1) is 18.0. The van der Waals surface area contributed by atoms with Crippen molar-refractivity contribution in [3.63, 3.8) is 0 Å². The minimum Gasteiger partial charge on any atom is -0.497 e. The van der Waals surface area contributed by atoms with E-state index < -0.39 is 0 Å². The second-order valence-electron chi connectivity index (χ2n) is 9.15. The van der Waals surface area contributed by atoms with Crippen LogP contribution in [0.25, 0.3) is 5.69 Å². The first-order valence-electron chi connectivity index (χ1n) is 12.7. The van der Waals surface area contributed by atoms with Gasteiger partial charge in [0.2, 0.25) is 0 Å². The zero-order valence-corrected chi connectivity index (χ0v) is 22.7. The molecule has 0 aliphatic rings. The number of aryl methyl sites for hydroxylation is 2. The van der Waals surface area contributed by atoms with Crippen molar-refractivity contribution < 1.29 is 9.53 Å². The molecule has 4 aromatic rings. The molecule has 0 saturated heterocycles. The smallest absolute Gasteiger partial charge is 0.251 e. The van der Waals surface area contributed by atoms with Gasteiger partial charge in [-0.15, -0.1) is 10.2 Å². The van der Waals surface area contributed by atoms with Crippen LogP contribution in [0.2, 0.25) is 0 Å². The van der Waals surface area contributed by atoms with Crippen molar-refractivity contribution in [2.45, 2.75) is 57.0 Å². The normalized spacial score (nSPS) is 11.8. The highest BCUT2D eigenvalue weighted by atomic mass is 32.2. The Labute approximate surface area is 223 Å². The van der Waals surface area contributed by atoms with Crippen LogP contribution >= 0.6 is 11.8 Å². The van der Waals surface area contributed by atoms with E-state index in [0.29, 0.717) is 17.1 Å². The Morgan fingerprint density at radius 1 is 1.03 bits per heavy atom. The number of nitrogens with zero attached hydrogens (tertiary/aromatic N) is 3. The van der Waals surface area contributed by atoms with Crippen molar-refractivity contribution in [3.05, 3.63) is 101 Å². The van der Waals surface area contributed by atoms with Crippen LogP contribution < -0.4 is 10.1 Å². The van der Waals surface area contributed by atoms with E-state index in [1.54, 1.807) is 18.9 Å². The molecule has 1 unspecified atom stereocenters. The van der Waals surface area contributed by atoms with Crippen LogP contribution in [0.1, 0.15) is 65.6 Å². The van der Waals surface area contributed by atoms with E-state index in [1.165, 1.54) is 11.1 Å². The standard InChI is InChI=1S/C30H34N4O2S/c1-5-6-8-23-13-15-25(16-14-23)29(35)31-22(3)28-32-33-30(34(28)26-17-11-21(2)12-18-26)37-20-24-9-7-10-27(19-24)36-4/h7,9-19,22H,5-6,8,20H2,1-4H3,(H,31,35). The molecule has 0 radical (unpaired) electrons. The van der Waals surface area contributed by atoms with E-state index in [4.69, 9.17) is 4.74 Å². The third-order valence-corrected chi connectivity index (χ3v) is 7.22. The molecule has 0 bridgehead atoms. The van der Waals surface area contributed by atoms with Crippen molar-refractivity contribution in [2.24, 2.45) is 0 Å². The van der Waals surface area contributed by atoms with Crippen molar-refractivity contribution in [1.29, 1.82) is 0 Å². The topological polar surface area (TPSA) is 69.0 Å². The number of amides is 1. The number of nitrogens with one attached hydrogen (secondary N) is 1. The molecule has 1 aromatic heterocycles. The molecule has 37 heavy (non-hydrogen) atoms. The molecule has 1 atom stereocenters. The van der Waals surface area contributed by atoms with Gasteiger partial charge in [0.15, 0.2) is 11.0 Å². The number of thioether (sulfide) groups is 1. The van der Waals surface area contributed by atoms with Gasteiger partial charge in [-0.1, -0.05) is 67.1 Å². The van der Waals surface area contributed by atoms with Gasteiger partial charge in [-0.2, -0.15) is 0 Å². The van der Waals surface area contributed by atoms with Crippen LogP contribution in [0, 0.1) is 6.92 Å². The molecule has 0 saturated carbocycles. The highest BCUT2D eigenvalue weighted by Gasteiger charge is 2.22. The second-order valence-corrected chi connectivity index (χ2v) is 10.1. The lowest BCUT2D eigenvalue weighted by Gasteiger charge is -2.17. The maximum Gasteiger partial charge on any atom is 0.251 e. The van der Waals surface area contributed by atoms with Gasteiger partial charge < -0.3 is 10.1 Å². The second kappa shape index (κ2) is 12.6. The number of aromatic nitrogens is 3. The molecule has 6 nitrogen and oxygen atoms in total. The molecule has 0 aliphatic carbocycles. The van der Waals surface area contributed by atoms with Crippen molar-refractivity contribution >= 4 is 17.7 Å². The molecular formula is C30H34N4O2S. The average molecular weight is 515 g/mol. The molecule has 1 N–H and O–H groups in total. The molecule has 1 heterocycles. The molecular weight excluding hydrogens is 480 g/mol. The van der Waals surface area contributed by atoms with Gasteiger partial charge in [-0.3, -0.25) is 9.36 Å². The first kappa shape index (κ1) is 26.5. The van der Waals surface area contributed by atoms with Gasteiger partial charge in [-0.25, -0.2) is 0 Å². The van der Waals surface area contributed by atoms with Crippen LogP contribution in [0.4, 0.5) is 0 Å². The molecule has 0 spiro atoms. The van der Waals surface area contributed by atoms with Crippen LogP contribution in [-0.2, 0) is 12.2 Å². The number of rotatable bonds is 11. The summed E-state index contributed by atoms with van der Waals surface area (Å²) in [5, 5.41) is 12.9. The van der Waals surface area contributed by atoms with Crippen molar-refractivity contribution in [1.82, 2.24) is 20.1 Å². The Morgan fingerprint density at radius 3 is 2.49 bits per heavy atom. The summed E-state index contributed by atoms with van der Waals surface area (Å²) in [6.07, 6.45) is 3.33. The van der Waals surface area contributed by atoms with Gasteiger partial charge in [-0.05, 0) is 74.2 Å². The highest BCUT2D eigenvalue weighted by molar-refractivity contribution is 7.98. The summed E-state index contributed by atoms with van der Waals surface area (Å²) in [5.74, 6) is 2.10. The summed E-state index contributed by atoms with van der Waals surface area (Å²) >= 11 is 1.60. The van der Waals surface area contributed by atoms with E-state index in [1.807, 2.05) is 54.0 Å². The minimum atomic E-state index is -0.341. The number of hydrogen-bond donors (Lipinski definition) is 1. The predicted molar refractivity (Wildman–Crippen MR) is 150 cm³/mol. The summed E-state index contributed by atoms with van der Waals surface area (Å²) in [6, 6.07) is 23.8. The zero-order chi connectivity index (χ0) is 26.2. The Hall–Kier alpha value is -3.58. The first-order valence-corrected chi connectivity index (χ1v) is 13.6. The number of carbonyl (C=O) groups is 1. The fourth-order valence-corrected chi connectivity index (χ4v) is 4.95. The maximum atomic E-state index is 13.0. The molecule has 0 aliphatic heterocycles. The minimum absolute atomic E-state index is 0.126. The van der Waals surface area contributed by atoms with Gasteiger partial charge >= 0.3 is 0 Å². The van der Waals surface area contributed by atoms with E-state index in [0.717, 1.165) is 41.4 Å². The summed E-state index contributed by atoms with van der Waals surface area (Å²) in [5.41, 5.74) is 5.16. The van der Waals surface area contributed by atoms with Gasteiger partial charge in [0.25, 0.3) is 5.91 Å². The summed E-state index contributed by atoms with van der Waals surface area (Å²) in [4.78, 5) is 13.0. The largest absolute Gasteiger partial charge is 0.497 e. The van der Waals surface area contributed by atoms with Crippen molar-refractivity contribution in [3.8, 4) is 11.4 Å². The average Bonchev–Trinajstić information content (AvgIpc) is 3.35. The van der Waals surface area contributed by atoms with E-state index in [-0.39, 0.29) is 11.9 Å². The molecule has 1 amide bonds. The molecule has 0 fully saturated rings. The van der Waals surface area contributed by atoms with Gasteiger partial charge in [0.1, 0.15) is 5.75 Å². The predicted octanol–water partition coefficient (Wildman–Crippen LogP) is 6.71. The number of benzene rings is 3. The Morgan fingerprint density at radius 2 is 1.78 bits per heavy atom. The maximum absolute atomic E-state index is 13.0. The number of unbranched alkanes of at least 4 members (excludes halogenated alkanes) is 1. The molecule has 3 aromatic carbocycles. The van der Waals surface area contributed by atoms with Gasteiger partial charge in [0, 0.05) is 17.0 Å². The number of ether oxygens (including phenoxy) is 1. The number of methoxy groups -OCH3 is 1. The fraction of sp³-hybridized carbons (Fsp3) is 0.300. The third kappa shape index (κ3) is 6.80. The van der Waals surface area contributed by atoms with Crippen LogP contribution in [0.5, 0.6) is 5.75 Å². The Kier molecular flexibility index (Phi) is 9.01. The number of carbonyl (C=O) groups excluding carboxylic acids is 1. The Bertz CT molecular complexity index is 1320. The van der Waals surface area contributed by atoms with E-state index >= 15 is 0 Å². The van der Waals surface area contributed by atoms with Crippen LogP contribution in [0.3, 0.4) is 0 Å². The summed E-state index contributed by atoms with van der Waals surface area (Å²) < 4.78 is 7.39. The third-order valence-electron chi connectivity index (χ3n) is 6.22. The monoisotopic (exact) mass is 514 g/mol. The SMILES string of the molecule is CCCCc1ccc(C(=O)NC(C)c2nnc(SCc3cccc(OC)c3)n2-c2ccc(C)cc2)cc1. The molecule has 4 rings (SSSR count). The molecule has 192 valence electrons. The van der Waals surface area contributed by atoms with Crippen molar-refractivity contribution in [2.75, 3.05) is 7.11 Å². The van der Waals surface area contributed by atoms with E-state index in [2.05, 4.69) is 59.7 Å². The van der Waals surface area contributed by atoms with Crippen LogP contribution in [-0.4, -0.2) is 27.8 Å². The van der Waals surface area contributed by atoms with Crippen LogP contribution in [0.15, 0.2) is 78.0 Å². The molecule has 7 heteroatoms. The lowest BCUT2D eigenvalue weighted by molar-refractivity contribution is 0.0938. The fourth-order valence-electron chi connectivity index (χ4n) is 4.05. The lowest BCUT2D eigenvalue weighted by Crippen LogP contribution is -2.28. The quantitative estimate of drug-likeness (QED) is 0.225. The summed E-state index contributed by atoms with van der Waals surface area (Å²) in [7, 11) is 1.67. The number of hydrogen-bond acceptors (Lipinski definition) is 5.